The number of hydrogen-bond donors (Lipinski definition) is 0. The number of benzene rings is 2. The van der Waals surface area contributed by atoms with Crippen LogP contribution in [0.3, 0.4) is 0 Å². The molecule has 0 bridgehead atoms. The van der Waals surface area contributed by atoms with E-state index in [1.807, 2.05) is 44.2 Å². The second kappa shape index (κ2) is 8.10. The van der Waals surface area contributed by atoms with E-state index in [1.165, 1.54) is 12.1 Å². The first-order chi connectivity index (χ1) is 11.5. The predicted molar refractivity (Wildman–Crippen MR) is 90.7 cm³/mol. The maximum Gasteiger partial charge on any atom is 0.310 e. The van der Waals surface area contributed by atoms with E-state index in [0.717, 1.165) is 5.56 Å². The van der Waals surface area contributed by atoms with Crippen molar-refractivity contribution < 1.29 is 14.5 Å². The van der Waals surface area contributed by atoms with E-state index in [4.69, 9.17) is 4.74 Å². The highest BCUT2D eigenvalue weighted by molar-refractivity contribution is 5.78. The molecule has 2 rings (SSSR count). The Hall–Kier alpha value is -2.89. The van der Waals surface area contributed by atoms with Gasteiger partial charge in [0.15, 0.2) is 12.4 Å². The minimum absolute atomic E-state index is 0.00735. The maximum absolute atomic E-state index is 12.5. The lowest BCUT2D eigenvalue weighted by molar-refractivity contribution is -0.385. The van der Waals surface area contributed by atoms with Gasteiger partial charge in [-0.1, -0.05) is 42.5 Å². The molecule has 0 aliphatic heterocycles. The smallest absolute Gasteiger partial charge is 0.310 e. The van der Waals surface area contributed by atoms with Crippen molar-refractivity contribution in [3.05, 3.63) is 70.3 Å². The molecular formula is C18H20N2O4. The van der Waals surface area contributed by atoms with Gasteiger partial charge in [-0.05, 0) is 25.5 Å². The summed E-state index contributed by atoms with van der Waals surface area (Å²) in [6.07, 6.45) is 0. The summed E-state index contributed by atoms with van der Waals surface area (Å²) in [5, 5.41) is 11.0. The number of ether oxygens (including phenoxy) is 1. The molecule has 6 nitrogen and oxygen atoms in total. The zero-order valence-corrected chi connectivity index (χ0v) is 13.7. The Balaban J connectivity index is 2.05. The molecule has 0 atom stereocenters. The predicted octanol–water partition coefficient (Wildman–Crippen LogP) is 3.41. The normalized spacial score (nSPS) is 10.5. The number of rotatable bonds is 7. The minimum atomic E-state index is -0.524. The van der Waals surface area contributed by atoms with Gasteiger partial charge in [-0.3, -0.25) is 14.9 Å². The van der Waals surface area contributed by atoms with Crippen molar-refractivity contribution in [3.63, 3.8) is 0 Å². The molecule has 0 aliphatic rings. The average molecular weight is 328 g/mol. The van der Waals surface area contributed by atoms with Gasteiger partial charge in [0.25, 0.3) is 5.91 Å². The number of nitrogens with zero attached hydrogens (tertiary/aromatic N) is 2. The number of carbonyl (C=O) groups is 1. The number of amides is 1. The van der Waals surface area contributed by atoms with Crippen LogP contribution in [0.4, 0.5) is 5.69 Å². The maximum atomic E-state index is 12.5. The molecule has 0 radical (unpaired) electrons. The summed E-state index contributed by atoms with van der Waals surface area (Å²) in [6.45, 7) is 4.07. The monoisotopic (exact) mass is 328 g/mol. The fourth-order valence-electron chi connectivity index (χ4n) is 2.29. The van der Waals surface area contributed by atoms with E-state index in [2.05, 4.69) is 0 Å². The third kappa shape index (κ3) is 4.55. The van der Waals surface area contributed by atoms with Gasteiger partial charge >= 0.3 is 5.69 Å². The fraction of sp³-hybridized carbons (Fsp3) is 0.278. The number of para-hydroxylation sites is 2. The van der Waals surface area contributed by atoms with Crippen LogP contribution >= 0.6 is 0 Å². The Morgan fingerprint density at radius 1 is 1.12 bits per heavy atom. The lowest BCUT2D eigenvalue weighted by atomic mass is 10.2. The van der Waals surface area contributed by atoms with Crippen LogP contribution in [0, 0.1) is 10.1 Å². The molecule has 0 saturated carbocycles. The number of nitro groups is 1. The summed E-state index contributed by atoms with van der Waals surface area (Å²) in [5.74, 6) is -0.119. The van der Waals surface area contributed by atoms with Crippen LogP contribution in [0.25, 0.3) is 0 Å². The van der Waals surface area contributed by atoms with Gasteiger partial charge in [0.1, 0.15) is 0 Å². The summed E-state index contributed by atoms with van der Waals surface area (Å²) in [6, 6.07) is 15.7. The number of hydrogen-bond acceptors (Lipinski definition) is 4. The van der Waals surface area contributed by atoms with Gasteiger partial charge in [0.05, 0.1) is 4.92 Å². The molecule has 6 heteroatoms. The molecule has 0 aromatic heterocycles. The van der Waals surface area contributed by atoms with Crippen molar-refractivity contribution in [2.45, 2.75) is 26.4 Å². The molecule has 0 N–H and O–H groups in total. The van der Waals surface area contributed by atoms with Crippen LogP contribution in [-0.2, 0) is 11.3 Å². The molecular weight excluding hydrogens is 308 g/mol. The first kappa shape index (κ1) is 17.5. The number of nitro benzene ring substituents is 1. The first-order valence-corrected chi connectivity index (χ1v) is 7.68. The largest absolute Gasteiger partial charge is 0.477 e. The summed E-state index contributed by atoms with van der Waals surface area (Å²) in [5.41, 5.74) is 0.870. The van der Waals surface area contributed by atoms with E-state index >= 15 is 0 Å². The molecule has 2 aromatic carbocycles. The molecule has 1 amide bonds. The molecule has 0 saturated heterocycles. The van der Waals surface area contributed by atoms with Gasteiger partial charge in [-0.2, -0.15) is 0 Å². The van der Waals surface area contributed by atoms with E-state index in [1.54, 1.807) is 17.0 Å². The molecule has 0 aliphatic carbocycles. The van der Waals surface area contributed by atoms with Crippen LogP contribution in [-0.4, -0.2) is 28.4 Å². The van der Waals surface area contributed by atoms with Crippen LogP contribution in [0.15, 0.2) is 54.6 Å². The van der Waals surface area contributed by atoms with Gasteiger partial charge in [-0.15, -0.1) is 0 Å². The zero-order chi connectivity index (χ0) is 17.5. The van der Waals surface area contributed by atoms with E-state index in [9.17, 15) is 14.9 Å². The first-order valence-electron chi connectivity index (χ1n) is 7.68. The fourth-order valence-corrected chi connectivity index (χ4v) is 2.29. The molecule has 24 heavy (non-hydrogen) atoms. The van der Waals surface area contributed by atoms with E-state index < -0.39 is 4.92 Å². The zero-order valence-electron chi connectivity index (χ0n) is 13.7. The van der Waals surface area contributed by atoms with Crippen molar-refractivity contribution >= 4 is 11.6 Å². The van der Waals surface area contributed by atoms with Crippen molar-refractivity contribution in [1.29, 1.82) is 0 Å². The van der Waals surface area contributed by atoms with Crippen LogP contribution in [0.2, 0.25) is 0 Å². The van der Waals surface area contributed by atoms with E-state index in [0.29, 0.717) is 6.54 Å². The topological polar surface area (TPSA) is 72.7 Å². The summed E-state index contributed by atoms with van der Waals surface area (Å²) >= 11 is 0. The van der Waals surface area contributed by atoms with Gasteiger partial charge in [0.2, 0.25) is 0 Å². The molecule has 0 spiro atoms. The number of carbonyl (C=O) groups excluding carboxylic acids is 1. The van der Waals surface area contributed by atoms with Gasteiger partial charge < -0.3 is 9.64 Å². The second-order valence-corrected chi connectivity index (χ2v) is 5.61. The Morgan fingerprint density at radius 3 is 2.38 bits per heavy atom. The highest BCUT2D eigenvalue weighted by Crippen LogP contribution is 2.25. The highest BCUT2D eigenvalue weighted by atomic mass is 16.6. The summed E-state index contributed by atoms with van der Waals surface area (Å²) in [4.78, 5) is 24.6. The Bertz CT molecular complexity index is 701. The summed E-state index contributed by atoms with van der Waals surface area (Å²) in [7, 11) is 0. The molecule has 0 unspecified atom stereocenters. The average Bonchev–Trinajstić information content (AvgIpc) is 2.58. The Labute approximate surface area is 140 Å². The van der Waals surface area contributed by atoms with Crippen LogP contribution < -0.4 is 4.74 Å². The van der Waals surface area contributed by atoms with E-state index in [-0.39, 0.29) is 30.0 Å². The second-order valence-electron chi connectivity index (χ2n) is 5.61. The highest BCUT2D eigenvalue weighted by Gasteiger charge is 2.20. The van der Waals surface area contributed by atoms with Gasteiger partial charge in [0, 0.05) is 18.7 Å². The van der Waals surface area contributed by atoms with Crippen molar-refractivity contribution in [2.24, 2.45) is 0 Å². The van der Waals surface area contributed by atoms with Crippen LogP contribution in [0.5, 0.6) is 5.75 Å². The van der Waals surface area contributed by atoms with Crippen molar-refractivity contribution in [3.8, 4) is 5.75 Å². The summed E-state index contributed by atoms with van der Waals surface area (Å²) < 4.78 is 5.40. The molecule has 2 aromatic rings. The third-order valence-corrected chi connectivity index (χ3v) is 3.55. The molecule has 0 fully saturated rings. The molecule has 0 heterocycles. The quantitative estimate of drug-likeness (QED) is 0.577. The Morgan fingerprint density at radius 2 is 1.75 bits per heavy atom. The van der Waals surface area contributed by atoms with Gasteiger partial charge in [-0.25, -0.2) is 0 Å². The van der Waals surface area contributed by atoms with Crippen molar-refractivity contribution in [1.82, 2.24) is 4.90 Å². The standard InChI is InChI=1S/C18H20N2O4/c1-14(2)19(12-15-8-4-3-5-9-15)18(21)13-24-17-11-7-6-10-16(17)20(22)23/h3-11,14H,12-13H2,1-2H3. The third-order valence-electron chi connectivity index (χ3n) is 3.55. The molecule has 126 valence electrons. The Kier molecular flexibility index (Phi) is 5.89. The van der Waals surface area contributed by atoms with Crippen molar-refractivity contribution in [2.75, 3.05) is 6.61 Å². The lowest BCUT2D eigenvalue weighted by Crippen LogP contribution is -2.39. The minimum Gasteiger partial charge on any atom is -0.477 e. The van der Waals surface area contributed by atoms with Crippen LogP contribution in [0.1, 0.15) is 19.4 Å². The lowest BCUT2D eigenvalue weighted by Gasteiger charge is -2.27. The SMILES string of the molecule is CC(C)N(Cc1ccccc1)C(=O)COc1ccccc1[N+](=O)[O-].